The van der Waals surface area contributed by atoms with E-state index in [1.54, 1.807) is 6.07 Å². The summed E-state index contributed by atoms with van der Waals surface area (Å²) in [5.41, 5.74) is 0.578. The van der Waals surface area contributed by atoms with Crippen LogP contribution in [-0.2, 0) is 5.41 Å². The molecular formula is C12H12ClF3O. The van der Waals surface area contributed by atoms with Crippen LogP contribution >= 0.6 is 11.6 Å². The van der Waals surface area contributed by atoms with Crippen LogP contribution in [0.5, 0.6) is 5.75 Å². The molecule has 0 amide bonds. The fourth-order valence-corrected chi connectivity index (χ4v) is 2.02. The van der Waals surface area contributed by atoms with Gasteiger partial charge >= 0.3 is 6.18 Å². The van der Waals surface area contributed by atoms with Gasteiger partial charge in [-0.3, -0.25) is 0 Å². The average Bonchev–Trinajstić information content (AvgIpc) is 2.52. The summed E-state index contributed by atoms with van der Waals surface area (Å²) in [7, 11) is 0. The zero-order chi connectivity index (χ0) is 12.8. The molecule has 0 saturated carbocycles. The molecule has 1 atom stereocenters. The third-order valence-corrected chi connectivity index (χ3v) is 3.40. The summed E-state index contributed by atoms with van der Waals surface area (Å²) in [5.74, 6) is 0.643. The summed E-state index contributed by atoms with van der Waals surface area (Å²) in [6, 6.07) is 4.42. The molecule has 2 rings (SSSR count). The quantitative estimate of drug-likeness (QED) is 0.691. The minimum atomic E-state index is -4.43. The Morgan fingerprint density at radius 3 is 2.59 bits per heavy atom. The molecule has 1 aromatic rings. The van der Waals surface area contributed by atoms with Gasteiger partial charge in [-0.25, -0.2) is 0 Å². The number of ether oxygens (including phenoxy) is 1. The minimum absolute atomic E-state index is 0.0662. The molecule has 0 radical (unpaired) electrons. The highest BCUT2D eigenvalue weighted by Crippen LogP contribution is 2.43. The summed E-state index contributed by atoms with van der Waals surface area (Å²) in [6.07, 6.45) is -4.43. The topological polar surface area (TPSA) is 9.23 Å². The van der Waals surface area contributed by atoms with Gasteiger partial charge in [-0.2, -0.15) is 13.2 Å². The number of halogens is 4. The maximum Gasteiger partial charge on any atom is 0.408 e. The Morgan fingerprint density at radius 2 is 2.00 bits per heavy atom. The van der Waals surface area contributed by atoms with Gasteiger partial charge in [-0.15, -0.1) is 11.6 Å². The van der Waals surface area contributed by atoms with E-state index in [4.69, 9.17) is 16.3 Å². The van der Waals surface area contributed by atoms with Gasteiger partial charge in [0.25, 0.3) is 0 Å². The van der Waals surface area contributed by atoms with E-state index in [9.17, 15) is 13.2 Å². The zero-order valence-corrected chi connectivity index (χ0v) is 10.2. The lowest BCUT2D eigenvalue weighted by molar-refractivity contribution is -0.131. The molecule has 0 spiro atoms. The highest BCUT2D eigenvalue weighted by molar-refractivity contribution is 6.21. The zero-order valence-electron chi connectivity index (χ0n) is 9.44. The van der Waals surface area contributed by atoms with Crippen LogP contribution in [0.2, 0.25) is 0 Å². The van der Waals surface area contributed by atoms with Crippen LogP contribution in [0.3, 0.4) is 0 Å². The molecular weight excluding hydrogens is 253 g/mol. The highest BCUT2D eigenvalue weighted by Gasteiger charge is 2.41. The molecule has 5 heteroatoms. The molecule has 1 aromatic carbocycles. The van der Waals surface area contributed by atoms with Gasteiger partial charge in [0, 0.05) is 11.0 Å². The molecule has 17 heavy (non-hydrogen) atoms. The van der Waals surface area contributed by atoms with Crippen molar-refractivity contribution in [1.82, 2.24) is 0 Å². The van der Waals surface area contributed by atoms with Crippen molar-refractivity contribution in [3.63, 3.8) is 0 Å². The number of benzene rings is 1. The maximum absolute atomic E-state index is 12.5. The average molecular weight is 265 g/mol. The van der Waals surface area contributed by atoms with E-state index in [0.29, 0.717) is 12.4 Å². The van der Waals surface area contributed by atoms with E-state index < -0.39 is 11.6 Å². The van der Waals surface area contributed by atoms with Gasteiger partial charge in [-0.1, -0.05) is 19.9 Å². The van der Waals surface area contributed by atoms with Crippen LogP contribution in [-0.4, -0.2) is 12.8 Å². The summed E-state index contributed by atoms with van der Waals surface area (Å²) < 4.78 is 43.0. The van der Waals surface area contributed by atoms with Gasteiger partial charge in [0.1, 0.15) is 5.75 Å². The van der Waals surface area contributed by atoms with Gasteiger partial charge in [0.15, 0.2) is 5.38 Å². The minimum Gasteiger partial charge on any atom is -0.492 e. The standard InChI is InChI=1S/C12H12ClF3O/c1-11(2)6-17-9-4-3-7(5-8(9)11)10(13)12(14,15)16/h3-5,10H,6H2,1-2H3. The van der Waals surface area contributed by atoms with Crippen LogP contribution in [0.25, 0.3) is 0 Å². The third-order valence-electron chi connectivity index (χ3n) is 2.90. The molecule has 1 aliphatic heterocycles. The lowest BCUT2D eigenvalue weighted by Crippen LogP contribution is -2.19. The monoisotopic (exact) mass is 264 g/mol. The van der Waals surface area contributed by atoms with Crippen molar-refractivity contribution in [3.8, 4) is 5.75 Å². The molecule has 0 aromatic heterocycles. The van der Waals surface area contributed by atoms with Gasteiger partial charge in [0.05, 0.1) is 6.61 Å². The van der Waals surface area contributed by atoms with Crippen LogP contribution in [0.15, 0.2) is 18.2 Å². The lowest BCUT2D eigenvalue weighted by atomic mass is 9.86. The molecule has 1 aliphatic rings. The summed E-state index contributed by atoms with van der Waals surface area (Å²) in [4.78, 5) is 0. The van der Waals surface area contributed by atoms with Gasteiger partial charge in [-0.05, 0) is 17.7 Å². The Bertz CT molecular complexity index is 440. The van der Waals surface area contributed by atoms with Crippen LogP contribution < -0.4 is 4.74 Å². The third kappa shape index (κ3) is 2.23. The number of rotatable bonds is 1. The van der Waals surface area contributed by atoms with E-state index in [1.807, 2.05) is 13.8 Å². The smallest absolute Gasteiger partial charge is 0.408 e. The SMILES string of the molecule is CC1(C)COc2ccc(C(Cl)C(F)(F)F)cc21. The number of alkyl halides is 4. The fraction of sp³-hybridized carbons (Fsp3) is 0.500. The molecule has 0 bridgehead atoms. The maximum atomic E-state index is 12.5. The Kier molecular flexibility index (Phi) is 2.81. The Balaban J connectivity index is 2.41. The lowest BCUT2D eigenvalue weighted by Gasteiger charge is -2.18. The van der Waals surface area contributed by atoms with E-state index in [-0.39, 0.29) is 11.0 Å². The highest BCUT2D eigenvalue weighted by atomic mass is 35.5. The second-order valence-electron chi connectivity index (χ2n) is 4.83. The van der Waals surface area contributed by atoms with E-state index in [2.05, 4.69) is 0 Å². The molecule has 94 valence electrons. The Morgan fingerprint density at radius 1 is 1.35 bits per heavy atom. The van der Waals surface area contributed by atoms with Crippen molar-refractivity contribution in [2.75, 3.05) is 6.61 Å². The first kappa shape index (κ1) is 12.6. The molecule has 0 saturated heterocycles. The van der Waals surface area contributed by atoms with Gasteiger partial charge in [0.2, 0.25) is 0 Å². The molecule has 0 fully saturated rings. The Labute approximate surface area is 103 Å². The van der Waals surface area contributed by atoms with E-state index in [1.165, 1.54) is 12.1 Å². The van der Waals surface area contributed by atoms with Crippen molar-refractivity contribution in [1.29, 1.82) is 0 Å². The molecule has 1 unspecified atom stereocenters. The van der Waals surface area contributed by atoms with Crippen molar-refractivity contribution >= 4 is 11.6 Å². The van der Waals surface area contributed by atoms with Crippen molar-refractivity contribution in [3.05, 3.63) is 29.3 Å². The Hall–Kier alpha value is -0.900. The summed E-state index contributed by atoms with van der Waals surface area (Å²) in [5, 5.41) is -1.97. The van der Waals surface area contributed by atoms with Gasteiger partial charge < -0.3 is 4.74 Å². The van der Waals surface area contributed by atoms with Crippen molar-refractivity contribution in [2.24, 2.45) is 0 Å². The van der Waals surface area contributed by atoms with Crippen LogP contribution in [0, 0.1) is 0 Å². The predicted molar refractivity (Wildman–Crippen MR) is 59.6 cm³/mol. The number of hydrogen-bond donors (Lipinski definition) is 0. The van der Waals surface area contributed by atoms with E-state index in [0.717, 1.165) is 5.56 Å². The second kappa shape index (κ2) is 3.80. The summed E-state index contributed by atoms with van der Waals surface area (Å²) in [6.45, 7) is 4.34. The van der Waals surface area contributed by atoms with E-state index >= 15 is 0 Å². The number of hydrogen-bond acceptors (Lipinski definition) is 1. The van der Waals surface area contributed by atoms with Crippen LogP contribution in [0.4, 0.5) is 13.2 Å². The van der Waals surface area contributed by atoms with Crippen molar-refractivity contribution < 1.29 is 17.9 Å². The molecule has 1 nitrogen and oxygen atoms in total. The largest absolute Gasteiger partial charge is 0.492 e. The number of fused-ring (bicyclic) bond motifs is 1. The second-order valence-corrected chi connectivity index (χ2v) is 5.27. The molecule has 0 N–H and O–H groups in total. The first-order valence-electron chi connectivity index (χ1n) is 5.20. The molecule has 0 aliphatic carbocycles. The first-order valence-corrected chi connectivity index (χ1v) is 5.63. The first-order chi connectivity index (χ1) is 7.72. The fourth-order valence-electron chi connectivity index (χ4n) is 1.88. The normalized spacial score (nSPS) is 19.6. The summed E-state index contributed by atoms with van der Waals surface area (Å²) >= 11 is 5.41. The van der Waals surface area contributed by atoms with Crippen LogP contribution in [0.1, 0.15) is 30.4 Å². The molecule has 1 heterocycles. The predicted octanol–water partition coefficient (Wildman–Crippen LogP) is 4.20. The van der Waals surface area contributed by atoms with Crippen molar-refractivity contribution in [2.45, 2.75) is 30.8 Å².